The first kappa shape index (κ1) is 18.5. The van der Waals surface area contributed by atoms with E-state index in [0.717, 1.165) is 6.42 Å². The molecule has 1 atom stereocenters. The van der Waals surface area contributed by atoms with Crippen LogP contribution in [0.25, 0.3) is 0 Å². The molecule has 0 saturated carbocycles. The van der Waals surface area contributed by atoms with Crippen LogP contribution in [-0.2, 0) is 19.6 Å². The van der Waals surface area contributed by atoms with Gasteiger partial charge in [-0.3, -0.25) is 4.79 Å². The predicted molar refractivity (Wildman–Crippen MR) is 87.7 cm³/mol. The van der Waals surface area contributed by atoms with Gasteiger partial charge in [-0.05, 0) is 38.3 Å². The highest BCUT2D eigenvalue weighted by molar-refractivity contribution is 7.89. The maximum Gasteiger partial charge on any atom is 0.324 e. The summed E-state index contributed by atoms with van der Waals surface area (Å²) in [6.07, 6.45) is 1.97. The zero-order chi connectivity index (χ0) is 17.7. The highest BCUT2D eigenvalue weighted by atomic mass is 32.2. The van der Waals surface area contributed by atoms with Gasteiger partial charge in [-0.25, -0.2) is 8.42 Å². The fourth-order valence-corrected chi connectivity index (χ4v) is 4.44. The minimum Gasteiger partial charge on any atom is -0.493 e. The molecule has 0 amide bonds. The van der Waals surface area contributed by atoms with Crippen LogP contribution in [0.5, 0.6) is 11.5 Å². The standard InChI is InChI=1S/C16H23NO6S/c1-4-23-16(18)13-7-5-6-10-17(13)24(19,20)12-8-9-14(21-2)15(11-12)22-3/h8-9,11,13H,4-7,10H2,1-3H3. The third kappa shape index (κ3) is 3.64. The highest BCUT2D eigenvalue weighted by Gasteiger charge is 2.38. The number of esters is 1. The summed E-state index contributed by atoms with van der Waals surface area (Å²) >= 11 is 0. The van der Waals surface area contributed by atoms with Gasteiger partial charge >= 0.3 is 5.97 Å². The number of sulfonamides is 1. The maximum absolute atomic E-state index is 13.0. The van der Waals surface area contributed by atoms with Gasteiger partial charge in [0.2, 0.25) is 10.0 Å². The Hall–Kier alpha value is -1.80. The van der Waals surface area contributed by atoms with Crippen LogP contribution in [-0.4, -0.2) is 52.1 Å². The Morgan fingerprint density at radius 2 is 1.92 bits per heavy atom. The van der Waals surface area contributed by atoms with E-state index in [-0.39, 0.29) is 11.5 Å². The Kier molecular flexibility index (Phi) is 6.06. The zero-order valence-corrected chi connectivity index (χ0v) is 15.0. The van der Waals surface area contributed by atoms with Crippen molar-refractivity contribution in [2.75, 3.05) is 27.4 Å². The third-order valence-electron chi connectivity index (χ3n) is 3.97. The van der Waals surface area contributed by atoms with Crippen molar-refractivity contribution < 1.29 is 27.4 Å². The van der Waals surface area contributed by atoms with Gasteiger partial charge in [0.1, 0.15) is 6.04 Å². The molecule has 0 aliphatic carbocycles. The molecule has 0 bridgehead atoms. The molecule has 0 aromatic heterocycles. The van der Waals surface area contributed by atoms with Crippen molar-refractivity contribution in [3.8, 4) is 11.5 Å². The van der Waals surface area contributed by atoms with E-state index in [0.29, 0.717) is 30.9 Å². The number of carbonyl (C=O) groups is 1. The van der Waals surface area contributed by atoms with E-state index in [1.165, 1.54) is 36.7 Å². The SMILES string of the molecule is CCOC(=O)C1CCCCN1S(=O)(=O)c1ccc(OC)c(OC)c1. The van der Waals surface area contributed by atoms with Crippen molar-refractivity contribution in [1.29, 1.82) is 0 Å². The molecule has 1 aliphatic heterocycles. The molecule has 134 valence electrons. The van der Waals surface area contributed by atoms with Gasteiger partial charge in [0.05, 0.1) is 25.7 Å². The lowest BCUT2D eigenvalue weighted by Gasteiger charge is -2.33. The topological polar surface area (TPSA) is 82.1 Å². The molecule has 1 unspecified atom stereocenters. The second kappa shape index (κ2) is 7.85. The quantitative estimate of drug-likeness (QED) is 0.722. The van der Waals surface area contributed by atoms with Crippen molar-refractivity contribution in [2.45, 2.75) is 37.1 Å². The van der Waals surface area contributed by atoms with E-state index in [4.69, 9.17) is 14.2 Å². The Morgan fingerprint density at radius 1 is 1.21 bits per heavy atom. The summed E-state index contributed by atoms with van der Waals surface area (Å²) in [4.78, 5) is 12.2. The summed E-state index contributed by atoms with van der Waals surface area (Å²) in [6, 6.07) is 3.62. The molecule has 1 fully saturated rings. The van der Waals surface area contributed by atoms with Gasteiger partial charge in [0, 0.05) is 12.6 Å². The van der Waals surface area contributed by atoms with Crippen LogP contribution in [0.2, 0.25) is 0 Å². The number of benzene rings is 1. The van der Waals surface area contributed by atoms with Crippen molar-refractivity contribution in [3.63, 3.8) is 0 Å². The molecule has 0 spiro atoms. The molecule has 8 heteroatoms. The monoisotopic (exact) mass is 357 g/mol. The van der Waals surface area contributed by atoms with E-state index in [1.807, 2.05) is 0 Å². The third-order valence-corrected chi connectivity index (χ3v) is 5.88. The number of hydrogen-bond donors (Lipinski definition) is 0. The summed E-state index contributed by atoms with van der Waals surface area (Å²) in [7, 11) is -0.915. The van der Waals surface area contributed by atoms with E-state index in [9.17, 15) is 13.2 Å². The lowest BCUT2D eigenvalue weighted by Crippen LogP contribution is -2.48. The molecule has 2 rings (SSSR count). The zero-order valence-electron chi connectivity index (χ0n) is 14.1. The fourth-order valence-electron chi connectivity index (χ4n) is 2.78. The summed E-state index contributed by atoms with van der Waals surface area (Å²) in [5.74, 6) is 0.265. The number of rotatable bonds is 6. The molecule has 1 aliphatic rings. The molecule has 1 saturated heterocycles. The molecular weight excluding hydrogens is 334 g/mol. The Morgan fingerprint density at radius 3 is 2.54 bits per heavy atom. The number of ether oxygens (including phenoxy) is 3. The van der Waals surface area contributed by atoms with Crippen molar-refractivity contribution >= 4 is 16.0 Å². The van der Waals surface area contributed by atoms with Gasteiger partial charge in [-0.2, -0.15) is 4.31 Å². The lowest BCUT2D eigenvalue weighted by molar-refractivity contribution is -0.148. The molecule has 0 radical (unpaired) electrons. The summed E-state index contributed by atoms with van der Waals surface area (Å²) < 4.78 is 42.6. The Labute approximate surface area is 142 Å². The molecule has 7 nitrogen and oxygen atoms in total. The average Bonchev–Trinajstić information content (AvgIpc) is 2.61. The molecule has 1 aromatic carbocycles. The summed E-state index contributed by atoms with van der Waals surface area (Å²) in [5.41, 5.74) is 0. The van der Waals surface area contributed by atoms with Crippen LogP contribution < -0.4 is 9.47 Å². The minimum absolute atomic E-state index is 0.0661. The molecular formula is C16H23NO6S. The molecule has 24 heavy (non-hydrogen) atoms. The molecule has 0 N–H and O–H groups in total. The number of methoxy groups -OCH3 is 2. The number of piperidine rings is 1. The lowest BCUT2D eigenvalue weighted by atomic mass is 10.1. The fraction of sp³-hybridized carbons (Fsp3) is 0.562. The van der Waals surface area contributed by atoms with Gasteiger partial charge in [-0.1, -0.05) is 0 Å². The molecule has 1 heterocycles. The Balaban J connectivity index is 2.38. The van der Waals surface area contributed by atoms with Crippen LogP contribution in [0.1, 0.15) is 26.2 Å². The van der Waals surface area contributed by atoms with Gasteiger partial charge in [-0.15, -0.1) is 0 Å². The van der Waals surface area contributed by atoms with E-state index < -0.39 is 22.0 Å². The normalized spacial score (nSPS) is 18.9. The van der Waals surface area contributed by atoms with Crippen molar-refractivity contribution in [3.05, 3.63) is 18.2 Å². The summed E-state index contributed by atoms with van der Waals surface area (Å²) in [6.45, 7) is 2.22. The largest absolute Gasteiger partial charge is 0.493 e. The number of carbonyl (C=O) groups excluding carboxylic acids is 1. The molecule has 1 aromatic rings. The first-order valence-electron chi connectivity index (χ1n) is 7.86. The van der Waals surface area contributed by atoms with E-state index in [2.05, 4.69) is 0 Å². The second-order valence-corrected chi connectivity index (χ2v) is 7.29. The first-order chi connectivity index (χ1) is 11.5. The van der Waals surface area contributed by atoms with Crippen LogP contribution in [0.3, 0.4) is 0 Å². The maximum atomic E-state index is 13.0. The second-order valence-electron chi connectivity index (χ2n) is 5.40. The van der Waals surface area contributed by atoms with E-state index >= 15 is 0 Å². The predicted octanol–water partition coefficient (Wildman–Crippen LogP) is 1.81. The minimum atomic E-state index is -3.84. The smallest absolute Gasteiger partial charge is 0.324 e. The van der Waals surface area contributed by atoms with Crippen LogP contribution in [0, 0.1) is 0 Å². The Bertz CT molecular complexity index is 688. The number of nitrogens with zero attached hydrogens (tertiary/aromatic N) is 1. The van der Waals surface area contributed by atoms with E-state index in [1.54, 1.807) is 6.92 Å². The summed E-state index contributed by atoms with van der Waals surface area (Å²) in [5, 5.41) is 0. The first-order valence-corrected chi connectivity index (χ1v) is 9.30. The van der Waals surface area contributed by atoms with Crippen LogP contribution in [0.15, 0.2) is 23.1 Å². The van der Waals surface area contributed by atoms with Gasteiger partial charge in [0.25, 0.3) is 0 Å². The van der Waals surface area contributed by atoms with Crippen molar-refractivity contribution in [1.82, 2.24) is 4.31 Å². The van der Waals surface area contributed by atoms with Crippen LogP contribution in [0.4, 0.5) is 0 Å². The number of hydrogen-bond acceptors (Lipinski definition) is 6. The van der Waals surface area contributed by atoms with Gasteiger partial charge < -0.3 is 14.2 Å². The highest BCUT2D eigenvalue weighted by Crippen LogP contribution is 2.32. The average molecular weight is 357 g/mol. The van der Waals surface area contributed by atoms with Gasteiger partial charge in [0.15, 0.2) is 11.5 Å². The van der Waals surface area contributed by atoms with Crippen LogP contribution >= 0.6 is 0 Å². The van der Waals surface area contributed by atoms with Crippen molar-refractivity contribution in [2.24, 2.45) is 0 Å².